The Kier molecular flexibility index (Phi) is 5.29. The molecule has 0 aromatic rings. The number of ether oxygens (including phenoxy) is 2. The number of hydrogen-bond acceptors (Lipinski definition) is 3. The second-order valence-electron chi connectivity index (χ2n) is 3.34. The van der Waals surface area contributed by atoms with Crippen molar-refractivity contribution in [3.8, 4) is 0 Å². The molecule has 1 aliphatic rings. The number of carbonyl (C=O) groups excluding carboxylic acids is 1. The molecule has 84 valence electrons. The Morgan fingerprint density at radius 3 is 2.33 bits per heavy atom. The monoisotopic (exact) mass is 210 g/mol. The maximum Gasteiger partial charge on any atom is 0.180 e. The van der Waals surface area contributed by atoms with Crippen LogP contribution in [0.3, 0.4) is 0 Å². The van der Waals surface area contributed by atoms with E-state index >= 15 is 0 Å². The van der Waals surface area contributed by atoms with Gasteiger partial charge in [-0.25, -0.2) is 0 Å². The second-order valence-corrected chi connectivity index (χ2v) is 3.34. The summed E-state index contributed by atoms with van der Waals surface area (Å²) in [6, 6.07) is 0. The van der Waals surface area contributed by atoms with Gasteiger partial charge in [-0.15, -0.1) is 0 Å². The number of aldehydes is 1. The third-order valence-corrected chi connectivity index (χ3v) is 2.30. The molecule has 3 heteroatoms. The molecule has 0 bridgehead atoms. The largest absolute Gasteiger partial charge is 0.349 e. The van der Waals surface area contributed by atoms with E-state index in [9.17, 15) is 4.79 Å². The molecule has 0 unspecified atom stereocenters. The molecule has 1 aliphatic carbocycles. The minimum atomic E-state index is -0.246. The molecular formula is C12H18O3. The zero-order chi connectivity index (χ0) is 11.1. The van der Waals surface area contributed by atoms with Crippen molar-refractivity contribution in [3.63, 3.8) is 0 Å². The summed E-state index contributed by atoms with van der Waals surface area (Å²) in [4.78, 5) is 10.5. The minimum Gasteiger partial charge on any atom is -0.349 e. The predicted molar refractivity (Wildman–Crippen MR) is 58.5 cm³/mol. The van der Waals surface area contributed by atoms with E-state index < -0.39 is 0 Å². The summed E-state index contributed by atoms with van der Waals surface area (Å²) in [5.41, 5.74) is 1.95. The Morgan fingerprint density at radius 1 is 1.27 bits per heavy atom. The van der Waals surface area contributed by atoms with Gasteiger partial charge in [0.2, 0.25) is 0 Å². The average Bonchev–Trinajstić information content (AvgIpc) is 2.29. The molecule has 0 N–H and O–H groups in total. The quantitative estimate of drug-likeness (QED) is 0.498. The first-order valence-corrected chi connectivity index (χ1v) is 5.39. The molecule has 0 fully saturated rings. The van der Waals surface area contributed by atoms with E-state index in [4.69, 9.17) is 9.47 Å². The van der Waals surface area contributed by atoms with Crippen molar-refractivity contribution < 1.29 is 14.3 Å². The number of allylic oxidation sites excluding steroid dienone is 3. The van der Waals surface area contributed by atoms with Gasteiger partial charge in [0, 0.05) is 13.2 Å². The van der Waals surface area contributed by atoms with Crippen LogP contribution in [0.2, 0.25) is 0 Å². The predicted octanol–water partition coefficient (Wildman–Crippen LogP) is 2.23. The lowest BCUT2D eigenvalue weighted by molar-refractivity contribution is -0.113. The molecule has 0 amide bonds. The highest BCUT2D eigenvalue weighted by atomic mass is 16.7. The molecule has 3 nitrogen and oxygen atoms in total. The van der Waals surface area contributed by atoms with Crippen molar-refractivity contribution in [2.75, 3.05) is 13.2 Å². The smallest absolute Gasteiger partial charge is 0.180 e. The molecule has 0 aromatic heterocycles. The fourth-order valence-electron chi connectivity index (χ4n) is 1.53. The van der Waals surface area contributed by atoms with Crippen molar-refractivity contribution in [1.29, 1.82) is 0 Å². The van der Waals surface area contributed by atoms with Crippen molar-refractivity contribution in [1.82, 2.24) is 0 Å². The van der Waals surface area contributed by atoms with E-state index in [0.29, 0.717) is 13.2 Å². The average molecular weight is 210 g/mol. The fourth-order valence-corrected chi connectivity index (χ4v) is 1.53. The molecule has 0 saturated carbocycles. The Hall–Kier alpha value is -0.930. The lowest BCUT2D eigenvalue weighted by Gasteiger charge is -2.21. The van der Waals surface area contributed by atoms with Crippen LogP contribution >= 0.6 is 0 Å². The summed E-state index contributed by atoms with van der Waals surface area (Å²) in [6.45, 7) is 5.16. The molecule has 0 aliphatic heterocycles. The van der Waals surface area contributed by atoms with E-state index in [1.54, 1.807) is 0 Å². The molecule has 0 aromatic carbocycles. The maximum absolute atomic E-state index is 10.5. The van der Waals surface area contributed by atoms with Crippen LogP contribution in [0, 0.1) is 0 Å². The van der Waals surface area contributed by atoms with Gasteiger partial charge in [-0.3, -0.25) is 4.79 Å². The van der Waals surface area contributed by atoms with Gasteiger partial charge in [0.05, 0.1) is 0 Å². The molecule has 0 radical (unpaired) electrons. The molecule has 0 spiro atoms. The molecule has 15 heavy (non-hydrogen) atoms. The standard InChI is InChI=1S/C12H18O3/c1-3-14-12(15-4-2)11-7-5-10(9-13)6-8-11/h5,7,9,12H,3-4,6,8H2,1-2H3. The first kappa shape index (κ1) is 12.1. The third-order valence-electron chi connectivity index (χ3n) is 2.30. The van der Waals surface area contributed by atoms with Crippen molar-refractivity contribution >= 4 is 6.29 Å². The maximum atomic E-state index is 10.5. The second kappa shape index (κ2) is 6.53. The van der Waals surface area contributed by atoms with Crippen molar-refractivity contribution in [3.05, 3.63) is 23.3 Å². The zero-order valence-corrected chi connectivity index (χ0v) is 9.36. The lowest BCUT2D eigenvalue weighted by Crippen LogP contribution is -2.21. The van der Waals surface area contributed by atoms with Gasteiger partial charge < -0.3 is 9.47 Å². The van der Waals surface area contributed by atoms with E-state index in [0.717, 1.165) is 30.3 Å². The Balaban J connectivity index is 2.64. The van der Waals surface area contributed by atoms with E-state index in [1.165, 1.54) is 0 Å². The molecule has 1 rings (SSSR count). The van der Waals surface area contributed by atoms with Crippen LogP contribution in [0.15, 0.2) is 23.3 Å². The highest BCUT2D eigenvalue weighted by molar-refractivity contribution is 5.74. The summed E-state index contributed by atoms with van der Waals surface area (Å²) >= 11 is 0. The lowest BCUT2D eigenvalue weighted by atomic mass is 9.99. The van der Waals surface area contributed by atoms with E-state index in [2.05, 4.69) is 0 Å². The zero-order valence-electron chi connectivity index (χ0n) is 9.36. The van der Waals surface area contributed by atoms with Crippen LogP contribution in [0.1, 0.15) is 26.7 Å². The first-order chi connectivity index (χ1) is 7.31. The summed E-state index contributed by atoms with van der Waals surface area (Å²) < 4.78 is 11.0. The Bertz CT molecular complexity index is 260. The Morgan fingerprint density at radius 2 is 1.93 bits per heavy atom. The van der Waals surface area contributed by atoms with Gasteiger partial charge in [-0.1, -0.05) is 12.2 Å². The number of carbonyl (C=O) groups is 1. The van der Waals surface area contributed by atoms with Crippen LogP contribution < -0.4 is 0 Å². The minimum absolute atomic E-state index is 0.246. The van der Waals surface area contributed by atoms with Crippen LogP contribution in [0.4, 0.5) is 0 Å². The van der Waals surface area contributed by atoms with Crippen LogP contribution in [0.25, 0.3) is 0 Å². The summed E-state index contributed by atoms with van der Waals surface area (Å²) in [6.07, 6.45) is 6.06. The SMILES string of the molecule is CCOC(OCC)C1=CC=C(C=O)CC1. The normalized spacial score (nSPS) is 16.2. The first-order valence-electron chi connectivity index (χ1n) is 5.39. The molecule has 0 saturated heterocycles. The van der Waals surface area contributed by atoms with Gasteiger partial charge in [0.15, 0.2) is 6.29 Å². The van der Waals surface area contributed by atoms with E-state index in [1.807, 2.05) is 26.0 Å². The summed E-state index contributed by atoms with van der Waals surface area (Å²) in [5.74, 6) is 0. The van der Waals surface area contributed by atoms with Gasteiger partial charge in [0.1, 0.15) is 6.29 Å². The van der Waals surface area contributed by atoms with Crippen LogP contribution in [-0.2, 0) is 14.3 Å². The van der Waals surface area contributed by atoms with Crippen LogP contribution in [0.5, 0.6) is 0 Å². The Labute approximate surface area is 90.8 Å². The van der Waals surface area contributed by atoms with Gasteiger partial charge >= 0.3 is 0 Å². The number of hydrogen-bond donors (Lipinski definition) is 0. The molecular weight excluding hydrogens is 192 g/mol. The topological polar surface area (TPSA) is 35.5 Å². The van der Waals surface area contributed by atoms with Gasteiger partial charge in [-0.05, 0) is 37.8 Å². The van der Waals surface area contributed by atoms with Gasteiger partial charge in [0.25, 0.3) is 0 Å². The molecule has 0 atom stereocenters. The van der Waals surface area contributed by atoms with Crippen molar-refractivity contribution in [2.45, 2.75) is 33.0 Å². The third kappa shape index (κ3) is 3.61. The highest BCUT2D eigenvalue weighted by Crippen LogP contribution is 2.22. The summed E-state index contributed by atoms with van der Waals surface area (Å²) in [5, 5.41) is 0. The van der Waals surface area contributed by atoms with Crippen LogP contribution in [-0.4, -0.2) is 25.8 Å². The van der Waals surface area contributed by atoms with Gasteiger partial charge in [-0.2, -0.15) is 0 Å². The summed E-state index contributed by atoms with van der Waals surface area (Å²) in [7, 11) is 0. The fraction of sp³-hybridized carbons (Fsp3) is 0.583. The van der Waals surface area contributed by atoms with E-state index in [-0.39, 0.29) is 6.29 Å². The molecule has 0 heterocycles. The highest BCUT2D eigenvalue weighted by Gasteiger charge is 2.16. The van der Waals surface area contributed by atoms with Crippen molar-refractivity contribution in [2.24, 2.45) is 0 Å². The number of rotatable bonds is 6.